The lowest BCUT2D eigenvalue weighted by Gasteiger charge is -2.14. The van der Waals surface area contributed by atoms with Gasteiger partial charge in [-0.1, -0.05) is 17.7 Å². The van der Waals surface area contributed by atoms with Gasteiger partial charge >= 0.3 is 12.4 Å². The van der Waals surface area contributed by atoms with E-state index in [1.807, 2.05) is 0 Å². The Kier molecular flexibility index (Phi) is 3.42. The second-order valence-electron chi connectivity index (χ2n) is 2.99. The van der Waals surface area contributed by atoms with Crippen molar-refractivity contribution in [2.24, 2.45) is 0 Å². The van der Waals surface area contributed by atoms with Crippen LogP contribution in [0.1, 0.15) is 15.9 Å². The van der Waals surface area contributed by atoms with Crippen LogP contribution < -0.4 is 0 Å². The number of carbonyl (C=O) groups excluding carboxylic acids is 1. The number of rotatable bonds is 1. The van der Waals surface area contributed by atoms with Crippen molar-refractivity contribution in [2.45, 2.75) is 12.4 Å². The highest BCUT2D eigenvalue weighted by Gasteiger charge is 2.45. The van der Waals surface area contributed by atoms with E-state index >= 15 is 0 Å². The summed E-state index contributed by atoms with van der Waals surface area (Å²) < 4.78 is 73.5. The number of alkyl halides is 6. The monoisotopic (exact) mass is 276 g/mol. The summed E-state index contributed by atoms with van der Waals surface area (Å²) in [6.45, 7) is 0. The summed E-state index contributed by atoms with van der Waals surface area (Å²) in [5.41, 5.74) is -3.28. The summed E-state index contributed by atoms with van der Waals surface area (Å²) in [7, 11) is 0. The van der Waals surface area contributed by atoms with Gasteiger partial charge in [-0.3, -0.25) is 4.79 Å². The molecule has 0 aliphatic carbocycles. The maximum absolute atomic E-state index is 12.4. The van der Waals surface area contributed by atoms with Crippen LogP contribution in [-0.2, 0) is 6.18 Å². The van der Waals surface area contributed by atoms with Crippen LogP contribution in [0, 0.1) is 0 Å². The molecule has 0 saturated heterocycles. The summed E-state index contributed by atoms with van der Waals surface area (Å²) in [6.07, 6.45) is -10.5. The van der Waals surface area contributed by atoms with Crippen LogP contribution in [0.2, 0.25) is 5.02 Å². The first kappa shape index (κ1) is 13.8. The van der Waals surface area contributed by atoms with Gasteiger partial charge in [0.25, 0.3) is 5.78 Å². The largest absolute Gasteiger partial charge is 0.454 e. The number of hydrogen-bond acceptors (Lipinski definition) is 1. The van der Waals surface area contributed by atoms with E-state index in [1.54, 1.807) is 0 Å². The minimum absolute atomic E-state index is 0.366. The highest BCUT2D eigenvalue weighted by molar-refractivity contribution is 6.34. The molecule has 0 atom stereocenters. The quantitative estimate of drug-likeness (QED) is 0.557. The molecule has 0 amide bonds. The van der Waals surface area contributed by atoms with E-state index in [2.05, 4.69) is 0 Å². The molecule has 0 N–H and O–H groups in total. The molecule has 8 heteroatoms. The zero-order valence-corrected chi connectivity index (χ0v) is 8.54. The molecule has 0 saturated carbocycles. The fourth-order valence-corrected chi connectivity index (χ4v) is 1.39. The molecule has 0 fully saturated rings. The number of ketones is 1. The number of halogens is 7. The van der Waals surface area contributed by atoms with E-state index in [-0.39, 0.29) is 0 Å². The van der Waals surface area contributed by atoms with E-state index in [0.717, 1.165) is 12.1 Å². The van der Waals surface area contributed by atoms with Crippen molar-refractivity contribution < 1.29 is 31.1 Å². The van der Waals surface area contributed by atoms with Crippen molar-refractivity contribution >= 4 is 17.4 Å². The predicted molar refractivity (Wildman–Crippen MR) is 46.8 cm³/mol. The average molecular weight is 277 g/mol. The van der Waals surface area contributed by atoms with Gasteiger partial charge in [-0.25, -0.2) is 0 Å². The smallest absolute Gasteiger partial charge is 0.284 e. The van der Waals surface area contributed by atoms with E-state index < -0.39 is 34.3 Å². The Bertz CT molecular complexity index is 448. The van der Waals surface area contributed by atoms with Crippen molar-refractivity contribution in [2.75, 3.05) is 0 Å². The maximum Gasteiger partial charge on any atom is 0.454 e. The van der Waals surface area contributed by atoms with Crippen molar-refractivity contribution in [1.29, 1.82) is 0 Å². The van der Waals surface area contributed by atoms with Gasteiger partial charge in [0, 0.05) is 0 Å². The molecule has 0 unspecified atom stereocenters. The number of carbonyl (C=O) groups is 1. The Labute approximate surface area is 96.0 Å². The van der Waals surface area contributed by atoms with Crippen molar-refractivity contribution in [3.05, 3.63) is 34.3 Å². The van der Waals surface area contributed by atoms with Gasteiger partial charge in [-0.05, 0) is 12.1 Å². The lowest BCUT2D eigenvalue weighted by molar-refractivity contribution is -0.138. The Morgan fingerprint density at radius 3 is 2.00 bits per heavy atom. The third-order valence-electron chi connectivity index (χ3n) is 1.80. The number of Topliss-reactive ketones (excluding diaryl/α,β-unsaturated/α-hetero) is 1. The summed E-state index contributed by atoms with van der Waals surface area (Å²) in [5, 5.41) is -0.887. The molecule has 1 nitrogen and oxygen atoms in total. The minimum atomic E-state index is -5.41. The molecule has 0 radical (unpaired) electrons. The molecule has 0 bridgehead atoms. The topological polar surface area (TPSA) is 17.1 Å². The third-order valence-corrected chi connectivity index (χ3v) is 2.12. The number of benzene rings is 1. The summed E-state index contributed by atoms with van der Waals surface area (Å²) in [6, 6.07) is 1.97. The molecular formula is C9H3ClF6O. The first-order valence-electron chi connectivity index (χ1n) is 4.02. The average Bonchev–Trinajstić information content (AvgIpc) is 2.13. The fraction of sp³-hybridized carbons (Fsp3) is 0.222. The summed E-state index contributed by atoms with van der Waals surface area (Å²) in [4.78, 5) is 10.8. The van der Waals surface area contributed by atoms with Gasteiger partial charge in [0.05, 0.1) is 16.1 Å². The zero-order valence-electron chi connectivity index (χ0n) is 7.79. The van der Waals surface area contributed by atoms with Gasteiger partial charge in [0.2, 0.25) is 0 Å². The van der Waals surface area contributed by atoms with Gasteiger partial charge in [-0.15, -0.1) is 0 Å². The van der Waals surface area contributed by atoms with Crippen molar-refractivity contribution in [3.8, 4) is 0 Å². The molecule has 0 aromatic heterocycles. The first-order chi connectivity index (χ1) is 7.55. The van der Waals surface area contributed by atoms with Crippen LogP contribution in [0.15, 0.2) is 18.2 Å². The molecule has 0 spiro atoms. The van der Waals surface area contributed by atoms with Crippen LogP contribution in [0.25, 0.3) is 0 Å². The number of hydrogen-bond donors (Lipinski definition) is 0. The van der Waals surface area contributed by atoms with Crippen LogP contribution >= 0.6 is 11.6 Å². The third kappa shape index (κ3) is 2.91. The maximum atomic E-state index is 12.4. The second-order valence-corrected chi connectivity index (χ2v) is 3.39. The predicted octanol–water partition coefficient (Wildman–Crippen LogP) is 4.10. The molecule has 0 heterocycles. The highest BCUT2D eigenvalue weighted by Crippen LogP contribution is 2.37. The summed E-state index contributed by atoms with van der Waals surface area (Å²) in [5.74, 6) is -2.62. The van der Waals surface area contributed by atoms with Crippen molar-refractivity contribution in [1.82, 2.24) is 0 Å². The molecular weight excluding hydrogens is 274 g/mol. The molecule has 94 valence electrons. The molecule has 0 aliphatic heterocycles. The second kappa shape index (κ2) is 4.21. The molecule has 0 aliphatic rings. The zero-order chi connectivity index (χ0) is 13.4. The Hall–Kier alpha value is -1.24. The Morgan fingerprint density at radius 2 is 1.59 bits per heavy atom. The lowest BCUT2D eigenvalue weighted by atomic mass is 10.0. The molecule has 1 aromatic carbocycles. The van der Waals surface area contributed by atoms with Crippen LogP contribution in [0.4, 0.5) is 26.3 Å². The fourth-order valence-electron chi connectivity index (χ4n) is 1.13. The van der Waals surface area contributed by atoms with Crippen LogP contribution in [-0.4, -0.2) is 12.0 Å². The highest BCUT2D eigenvalue weighted by atomic mass is 35.5. The SMILES string of the molecule is O=C(c1c(Cl)cccc1C(F)(F)F)C(F)(F)F. The van der Waals surface area contributed by atoms with Crippen LogP contribution in [0.3, 0.4) is 0 Å². The Balaban J connectivity index is 3.47. The van der Waals surface area contributed by atoms with E-state index in [0.29, 0.717) is 6.07 Å². The van der Waals surface area contributed by atoms with Gasteiger partial charge in [-0.2, -0.15) is 26.3 Å². The van der Waals surface area contributed by atoms with Crippen molar-refractivity contribution in [3.63, 3.8) is 0 Å². The van der Waals surface area contributed by atoms with Gasteiger partial charge in [0.1, 0.15) is 0 Å². The van der Waals surface area contributed by atoms with Crippen LogP contribution in [0.5, 0.6) is 0 Å². The Morgan fingerprint density at radius 1 is 1.06 bits per heavy atom. The summed E-state index contributed by atoms with van der Waals surface area (Å²) >= 11 is 5.22. The van der Waals surface area contributed by atoms with E-state index in [4.69, 9.17) is 11.6 Å². The van der Waals surface area contributed by atoms with Gasteiger partial charge < -0.3 is 0 Å². The standard InChI is InChI=1S/C9H3ClF6O/c10-5-3-1-2-4(8(11,12)13)6(5)7(17)9(14,15)16/h1-3H. The first-order valence-corrected chi connectivity index (χ1v) is 4.40. The van der Waals surface area contributed by atoms with E-state index in [1.165, 1.54) is 0 Å². The minimum Gasteiger partial charge on any atom is -0.284 e. The molecule has 1 rings (SSSR count). The normalized spacial score (nSPS) is 12.6. The van der Waals surface area contributed by atoms with E-state index in [9.17, 15) is 31.1 Å². The lowest BCUT2D eigenvalue weighted by Crippen LogP contribution is -2.26. The molecule has 17 heavy (non-hydrogen) atoms. The van der Waals surface area contributed by atoms with Gasteiger partial charge in [0.15, 0.2) is 0 Å². The molecule has 1 aromatic rings.